The molecule has 0 aliphatic rings. The number of rotatable bonds is 3. The number of nitrogens with two attached hydrogens (primary N) is 1. The Morgan fingerprint density at radius 1 is 1.32 bits per heavy atom. The fraction of sp³-hybridized carbons (Fsp3) is 0.400. The maximum Gasteiger partial charge on any atom is 0.204 e. The molecule has 102 valence electrons. The number of hydrogen-bond acceptors (Lipinski definition) is 4. The van der Waals surface area contributed by atoms with Crippen molar-refractivity contribution < 1.29 is 4.42 Å². The second-order valence-electron chi connectivity index (χ2n) is 5.68. The van der Waals surface area contributed by atoms with Crippen molar-refractivity contribution in [1.82, 2.24) is 4.98 Å². The summed E-state index contributed by atoms with van der Waals surface area (Å²) in [6.07, 6.45) is 1.83. The number of benzene rings is 1. The zero-order chi connectivity index (χ0) is 14.0. The van der Waals surface area contributed by atoms with E-state index in [0.29, 0.717) is 0 Å². The fourth-order valence-corrected chi connectivity index (χ4v) is 2.56. The molecule has 0 unspecified atom stereocenters. The van der Waals surface area contributed by atoms with Gasteiger partial charge in [0.2, 0.25) is 5.89 Å². The molecular formula is C15H20N2OS. The van der Waals surface area contributed by atoms with E-state index in [2.05, 4.69) is 32.7 Å². The Balaban J connectivity index is 2.04. The molecule has 19 heavy (non-hydrogen) atoms. The number of nitrogen functional groups attached to an aromatic ring is 1. The second kappa shape index (κ2) is 5.29. The van der Waals surface area contributed by atoms with Crippen molar-refractivity contribution in [2.24, 2.45) is 0 Å². The molecular weight excluding hydrogens is 256 g/mol. The summed E-state index contributed by atoms with van der Waals surface area (Å²) in [6.45, 7) is 8.42. The summed E-state index contributed by atoms with van der Waals surface area (Å²) in [5.41, 5.74) is 7.74. The third-order valence-corrected chi connectivity index (χ3v) is 4.00. The smallest absolute Gasteiger partial charge is 0.204 e. The van der Waals surface area contributed by atoms with Gasteiger partial charge in [0, 0.05) is 16.0 Å². The third kappa shape index (κ3) is 3.53. The number of anilines is 1. The van der Waals surface area contributed by atoms with Crippen LogP contribution in [0.2, 0.25) is 0 Å². The van der Waals surface area contributed by atoms with Crippen molar-refractivity contribution in [3.8, 4) is 0 Å². The zero-order valence-electron chi connectivity index (χ0n) is 11.9. The van der Waals surface area contributed by atoms with Crippen LogP contribution in [-0.2, 0) is 11.2 Å². The van der Waals surface area contributed by atoms with Crippen LogP contribution in [0.5, 0.6) is 0 Å². The Morgan fingerprint density at radius 2 is 2.05 bits per heavy atom. The Kier molecular flexibility index (Phi) is 3.90. The van der Waals surface area contributed by atoms with Crippen LogP contribution >= 0.6 is 11.8 Å². The minimum Gasteiger partial charge on any atom is -0.444 e. The van der Waals surface area contributed by atoms with Crippen molar-refractivity contribution in [1.29, 1.82) is 0 Å². The van der Waals surface area contributed by atoms with Gasteiger partial charge >= 0.3 is 0 Å². The number of oxazole rings is 1. The Bertz CT molecular complexity index is 570. The lowest BCUT2D eigenvalue weighted by Crippen LogP contribution is -2.09. The first-order chi connectivity index (χ1) is 8.86. The number of aromatic nitrogens is 1. The maximum atomic E-state index is 5.78. The topological polar surface area (TPSA) is 52.0 Å². The Hall–Kier alpha value is -1.42. The molecule has 0 aliphatic carbocycles. The quantitative estimate of drug-likeness (QED) is 0.675. The predicted molar refractivity (Wildman–Crippen MR) is 80.4 cm³/mol. The highest BCUT2D eigenvalue weighted by Gasteiger charge is 2.19. The summed E-state index contributed by atoms with van der Waals surface area (Å²) in [5.74, 6) is 2.43. The lowest BCUT2D eigenvalue weighted by molar-refractivity contribution is 0.391. The lowest BCUT2D eigenvalue weighted by Gasteiger charge is -2.13. The molecule has 2 rings (SSSR count). The normalized spacial score (nSPS) is 11.8. The molecule has 0 fully saturated rings. The minimum absolute atomic E-state index is 0.00698. The molecule has 0 radical (unpaired) electrons. The average Bonchev–Trinajstić information content (AvgIpc) is 2.76. The zero-order valence-corrected chi connectivity index (χ0v) is 12.7. The van der Waals surface area contributed by atoms with Gasteiger partial charge in [0.15, 0.2) is 0 Å². The molecule has 0 spiro atoms. The van der Waals surface area contributed by atoms with Gasteiger partial charge in [-0.1, -0.05) is 20.8 Å². The molecule has 3 nitrogen and oxygen atoms in total. The van der Waals surface area contributed by atoms with E-state index >= 15 is 0 Å². The van der Waals surface area contributed by atoms with Crippen molar-refractivity contribution >= 4 is 17.4 Å². The summed E-state index contributed by atoms with van der Waals surface area (Å²) in [4.78, 5) is 5.55. The van der Waals surface area contributed by atoms with Gasteiger partial charge in [0.05, 0.1) is 11.9 Å². The van der Waals surface area contributed by atoms with Gasteiger partial charge in [-0.05, 0) is 30.7 Å². The Labute approximate surface area is 118 Å². The van der Waals surface area contributed by atoms with Gasteiger partial charge in [-0.25, -0.2) is 4.98 Å². The number of thioether (sulfide) groups is 1. The molecule has 4 heteroatoms. The van der Waals surface area contributed by atoms with E-state index in [4.69, 9.17) is 10.2 Å². The van der Waals surface area contributed by atoms with Gasteiger partial charge in [-0.2, -0.15) is 0 Å². The van der Waals surface area contributed by atoms with Crippen LogP contribution in [0.1, 0.15) is 38.0 Å². The summed E-state index contributed by atoms with van der Waals surface area (Å²) in [6, 6.07) is 5.95. The highest BCUT2D eigenvalue weighted by atomic mass is 32.2. The van der Waals surface area contributed by atoms with E-state index in [1.165, 1.54) is 10.5 Å². The van der Waals surface area contributed by atoms with Crippen LogP contribution in [0.15, 0.2) is 33.7 Å². The molecule has 1 aromatic carbocycles. The molecule has 0 aliphatic heterocycles. The molecule has 2 N–H and O–H groups in total. The third-order valence-electron chi connectivity index (χ3n) is 2.84. The van der Waals surface area contributed by atoms with E-state index in [0.717, 1.165) is 23.1 Å². The van der Waals surface area contributed by atoms with Crippen LogP contribution in [0.3, 0.4) is 0 Å². The van der Waals surface area contributed by atoms with Gasteiger partial charge in [0.1, 0.15) is 5.76 Å². The largest absolute Gasteiger partial charge is 0.444 e. The second-order valence-corrected chi connectivity index (χ2v) is 6.70. The fourth-order valence-electron chi connectivity index (χ4n) is 1.70. The maximum absolute atomic E-state index is 5.78. The van der Waals surface area contributed by atoms with Crippen LogP contribution < -0.4 is 5.73 Å². The first kappa shape index (κ1) is 14.0. The standard InChI is InChI=1S/C15H20N2OS/c1-10-7-11(16)5-6-12(10)19-9-14-17-8-13(18-14)15(2,3)4/h5-8H,9,16H2,1-4H3. The SMILES string of the molecule is Cc1cc(N)ccc1SCc1ncc(C(C)(C)C)o1. The first-order valence-corrected chi connectivity index (χ1v) is 7.29. The van der Waals surface area contributed by atoms with Gasteiger partial charge in [-0.15, -0.1) is 11.8 Å². The van der Waals surface area contributed by atoms with Crippen LogP contribution in [0.25, 0.3) is 0 Å². The number of nitrogens with zero attached hydrogens (tertiary/aromatic N) is 1. The van der Waals surface area contributed by atoms with Crippen molar-refractivity contribution in [2.75, 3.05) is 5.73 Å². The Morgan fingerprint density at radius 3 is 2.63 bits per heavy atom. The lowest BCUT2D eigenvalue weighted by atomic mass is 9.94. The van der Waals surface area contributed by atoms with E-state index < -0.39 is 0 Å². The van der Waals surface area contributed by atoms with E-state index in [9.17, 15) is 0 Å². The summed E-state index contributed by atoms with van der Waals surface area (Å²) >= 11 is 1.72. The monoisotopic (exact) mass is 276 g/mol. The van der Waals surface area contributed by atoms with Gasteiger partial charge in [0.25, 0.3) is 0 Å². The number of hydrogen-bond donors (Lipinski definition) is 1. The molecule has 0 saturated carbocycles. The highest BCUT2D eigenvalue weighted by Crippen LogP contribution is 2.29. The molecule has 1 heterocycles. The van der Waals surface area contributed by atoms with E-state index in [1.54, 1.807) is 11.8 Å². The first-order valence-electron chi connectivity index (χ1n) is 6.30. The molecule has 0 saturated heterocycles. The summed E-state index contributed by atoms with van der Waals surface area (Å²) < 4.78 is 5.78. The minimum atomic E-state index is 0.00698. The van der Waals surface area contributed by atoms with Gasteiger partial charge < -0.3 is 10.2 Å². The van der Waals surface area contributed by atoms with Crippen LogP contribution in [0, 0.1) is 6.92 Å². The summed E-state index contributed by atoms with van der Waals surface area (Å²) in [5, 5.41) is 0. The number of aryl methyl sites for hydroxylation is 1. The highest BCUT2D eigenvalue weighted by molar-refractivity contribution is 7.98. The van der Waals surface area contributed by atoms with Crippen molar-refractivity contribution in [2.45, 2.75) is 43.8 Å². The van der Waals surface area contributed by atoms with Crippen LogP contribution in [-0.4, -0.2) is 4.98 Å². The molecule has 1 aromatic heterocycles. The average molecular weight is 276 g/mol. The van der Waals surface area contributed by atoms with Crippen molar-refractivity contribution in [3.05, 3.63) is 41.6 Å². The van der Waals surface area contributed by atoms with E-state index in [1.807, 2.05) is 24.4 Å². The molecule has 2 aromatic rings. The van der Waals surface area contributed by atoms with E-state index in [-0.39, 0.29) is 5.41 Å². The summed E-state index contributed by atoms with van der Waals surface area (Å²) in [7, 11) is 0. The molecule has 0 atom stereocenters. The molecule has 0 amide bonds. The van der Waals surface area contributed by atoms with Crippen molar-refractivity contribution in [3.63, 3.8) is 0 Å². The van der Waals surface area contributed by atoms with Gasteiger partial charge in [-0.3, -0.25) is 0 Å². The van der Waals surface area contributed by atoms with Crippen LogP contribution in [0.4, 0.5) is 5.69 Å². The predicted octanol–water partition coefficient (Wildman–Crippen LogP) is 4.16. The molecule has 0 bridgehead atoms.